The molecule has 36 heavy (non-hydrogen) atoms. The molecule has 2 N–H and O–H groups in total. The summed E-state index contributed by atoms with van der Waals surface area (Å²) in [4.78, 5) is 57.5. The smallest absolute Gasteiger partial charge is 0.246 e. The number of fused-ring (bicyclic) bond motifs is 2. The van der Waals surface area contributed by atoms with Gasteiger partial charge in [0, 0.05) is 25.9 Å². The van der Waals surface area contributed by atoms with Crippen molar-refractivity contribution in [2.24, 2.45) is 0 Å². The fourth-order valence-corrected chi connectivity index (χ4v) is 5.64. The Kier molecular flexibility index (Phi) is 7.02. The Balaban J connectivity index is 1.47. The second-order valence-corrected chi connectivity index (χ2v) is 9.88. The molecule has 0 spiro atoms. The first kappa shape index (κ1) is 24.0. The van der Waals surface area contributed by atoms with E-state index in [2.05, 4.69) is 10.6 Å². The Labute approximate surface area is 211 Å². The van der Waals surface area contributed by atoms with Crippen LogP contribution < -0.4 is 10.6 Å². The average Bonchev–Trinajstić information content (AvgIpc) is 3.58. The van der Waals surface area contributed by atoms with Gasteiger partial charge in [-0.3, -0.25) is 19.2 Å². The largest absolute Gasteiger partial charge is 0.342 e. The SMILES string of the molecule is O=C1N[C@@H](Cc2ccccc2)C(=O)N2CCC[C@H]2C(=O)N[C@@H](Cc2ccccc2)C(=O)N2CCC[C@@H]12. The van der Waals surface area contributed by atoms with Crippen molar-refractivity contribution < 1.29 is 19.2 Å². The lowest BCUT2D eigenvalue weighted by Crippen LogP contribution is -2.61. The van der Waals surface area contributed by atoms with Gasteiger partial charge in [0.2, 0.25) is 23.6 Å². The zero-order valence-electron chi connectivity index (χ0n) is 20.3. The summed E-state index contributed by atoms with van der Waals surface area (Å²) in [5.74, 6) is -1.12. The number of rotatable bonds is 4. The molecule has 188 valence electrons. The van der Waals surface area contributed by atoms with E-state index in [1.807, 2.05) is 60.7 Å². The van der Waals surface area contributed by atoms with E-state index in [1.165, 1.54) is 0 Å². The third-order valence-corrected chi connectivity index (χ3v) is 7.47. The van der Waals surface area contributed by atoms with Crippen LogP contribution in [-0.4, -0.2) is 70.7 Å². The molecule has 2 aromatic carbocycles. The Morgan fingerprint density at radius 2 is 1.00 bits per heavy atom. The minimum atomic E-state index is -0.801. The van der Waals surface area contributed by atoms with Crippen LogP contribution in [0.2, 0.25) is 0 Å². The van der Waals surface area contributed by atoms with Crippen LogP contribution in [0.25, 0.3) is 0 Å². The van der Waals surface area contributed by atoms with Crippen LogP contribution in [0.5, 0.6) is 0 Å². The molecule has 2 aromatic rings. The van der Waals surface area contributed by atoms with Gasteiger partial charge in [0.05, 0.1) is 0 Å². The number of benzene rings is 2. The maximum Gasteiger partial charge on any atom is 0.246 e. The van der Waals surface area contributed by atoms with Crippen LogP contribution in [0.3, 0.4) is 0 Å². The fourth-order valence-electron chi connectivity index (χ4n) is 5.64. The van der Waals surface area contributed by atoms with Crippen LogP contribution in [0.1, 0.15) is 36.8 Å². The second kappa shape index (κ2) is 10.5. The lowest BCUT2D eigenvalue weighted by Gasteiger charge is -2.34. The van der Waals surface area contributed by atoms with Crippen molar-refractivity contribution in [3.63, 3.8) is 0 Å². The predicted octanol–water partition coefficient (Wildman–Crippen LogP) is 1.44. The van der Waals surface area contributed by atoms with Crippen molar-refractivity contribution in [1.29, 1.82) is 0 Å². The van der Waals surface area contributed by atoms with Crippen LogP contribution in [0.4, 0.5) is 0 Å². The molecule has 3 aliphatic heterocycles. The highest BCUT2D eigenvalue weighted by atomic mass is 16.2. The highest BCUT2D eigenvalue weighted by molar-refractivity contribution is 5.98. The van der Waals surface area contributed by atoms with Crippen molar-refractivity contribution in [2.75, 3.05) is 13.1 Å². The van der Waals surface area contributed by atoms with Crippen LogP contribution in [0.15, 0.2) is 60.7 Å². The van der Waals surface area contributed by atoms with Gasteiger partial charge in [0.15, 0.2) is 0 Å². The monoisotopic (exact) mass is 488 g/mol. The average molecular weight is 489 g/mol. The molecule has 3 fully saturated rings. The summed E-state index contributed by atoms with van der Waals surface area (Å²) in [6, 6.07) is 16.1. The number of nitrogens with zero attached hydrogens (tertiary/aromatic N) is 2. The van der Waals surface area contributed by atoms with E-state index < -0.39 is 24.2 Å². The number of nitrogens with one attached hydrogen (secondary N) is 2. The molecule has 0 radical (unpaired) electrons. The van der Waals surface area contributed by atoms with Gasteiger partial charge in [-0.05, 0) is 36.8 Å². The van der Waals surface area contributed by atoms with Gasteiger partial charge in [-0.25, -0.2) is 0 Å². The zero-order chi connectivity index (χ0) is 25.1. The number of carbonyl (C=O) groups excluding carboxylic acids is 4. The van der Waals surface area contributed by atoms with E-state index in [9.17, 15) is 19.2 Å². The molecule has 5 rings (SSSR count). The van der Waals surface area contributed by atoms with Crippen LogP contribution in [0, 0.1) is 0 Å². The van der Waals surface area contributed by atoms with Gasteiger partial charge in [0.1, 0.15) is 24.2 Å². The Morgan fingerprint density at radius 3 is 1.39 bits per heavy atom. The maximum atomic E-state index is 13.7. The Bertz CT molecular complexity index is 1030. The van der Waals surface area contributed by atoms with Gasteiger partial charge in [-0.2, -0.15) is 0 Å². The molecule has 0 unspecified atom stereocenters. The molecule has 3 saturated heterocycles. The van der Waals surface area contributed by atoms with Crippen molar-refractivity contribution in [3.05, 3.63) is 71.8 Å². The Hall–Kier alpha value is -3.68. The lowest BCUT2D eigenvalue weighted by molar-refractivity contribution is -0.146. The minimum Gasteiger partial charge on any atom is -0.342 e. The van der Waals surface area contributed by atoms with Crippen molar-refractivity contribution in [3.8, 4) is 0 Å². The summed E-state index contributed by atoms with van der Waals surface area (Å²) in [5.41, 5.74) is 1.84. The molecular formula is C28H32N4O4. The quantitative estimate of drug-likeness (QED) is 0.680. The van der Waals surface area contributed by atoms with E-state index in [4.69, 9.17) is 0 Å². The van der Waals surface area contributed by atoms with Gasteiger partial charge >= 0.3 is 0 Å². The molecule has 4 amide bonds. The number of hydrogen-bond acceptors (Lipinski definition) is 4. The summed E-state index contributed by atoms with van der Waals surface area (Å²) < 4.78 is 0. The van der Waals surface area contributed by atoms with Crippen molar-refractivity contribution in [2.45, 2.75) is 62.7 Å². The molecule has 0 aromatic heterocycles. The summed E-state index contributed by atoms with van der Waals surface area (Å²) in [7, 11) is 0. The topological polar surface area (TPSA) is 98.8 Å². The van der Waals surface area contributed by atoms with Crippen molar-refractivity contribution >= 4 is 23.6 Å². The summed E-state index contributed by atoms with van der Waals surface area (Å²) >= 11 is 0. The first-order valence-corrected chi connectivity index (χ1v) is 12.8. The van der Waals surface area contributed by atoms with E-state index in [1.54, 1.807) is 9.80 Å². The number of amides is 4. The highest BCUT2D eigenvalue weighted by Gasteiger charge is 2.43. The maximum absolute atomic E-state index is 13.7. The third kappa shape index (κ3) is 4.98. The predicted molar refractivity (Wildman–Crippen MR) is 134 cm³/mol. The second-order valence-electron chi connectivity index (χ2n) is 9.88. The summed E-state index contributed by atoms with van der Waals surface area (Å²) in [6.45, 7) is 0.899. The fraction of sp³-hybridized carbons (Fsp3) is 0.429. The number of hydrogen-bond donors (Lipinski definition) is 2. The molecule has 3 heterocycles. The first-order chi connectivity index (χ1) is 17.5. The molecule has 8 heteroatoms. The minimum absolute atomic E-state index is 0.249. The van der Waals surface area contributed by atoms with Gasteiger partial charge in [0.25, 0.3) is 0 Å². The van der Waals surface area contributed by atoms with Gasteiger partial charge in [-0.15, -0.1) is 0 Å². The number of carbonyl (C=O) groups is 4. The molecule has 0 aliphatic carbocycles. The van der Waals surface area contributed by atoms with Crippen LogP contribution in [-0.2, 0) is 32.0 Å². The first-order valence-electron chi connectivity index (χ1n) is 12.8. The normalized spacial score (nSPS) is 27.0. The molecular weight excluding hydrogens is 456 g/mol. The molecule has 0 bridgehead atoms. The third-order valence-electron chi connectivity index (χ3n) is 7.47. The van der Waals surface area contributed by atoms with E-state index in [0.29, 0.717) is 51.6 Å². The Morgan fingerprint density at radius 1 is 0.611 bits per heavy atom. The standard InChI is InChI=1S/C28H32N4O4/c33-25-23-13-8-16-32(23)28(36)22(18-20-11-5-2-6-12-20)30-26(34)24-14-7-15-31(24)27(35)21(29-25)17-19-9-3-1-4-10-19/h1-6,9-12,21-24H,7-8,13-18H2,(H,29,33)(H,30,34)/t21-,22-,23-,24-/m0/s1. The van der Waals surface area contributed by atoms with Gasteiger partial charge in [-0.1, -0.05) is 60.7 Å². The van der Waals surface area contributed by atoms with Crippen molar-refractivity contribution in [1.82, 2.24) is 20.4 Å². The summed E-state index contributed by atoms with van der Waals surface area (Å²) in [5, 5.41) is 5.92. The van der Waals surface area contributed by atoms with E-state index >= 15 is 0 Å². The molecule has 0 saturated carbocycles. The van der Waals surface area contributed by atoms with Gasteiger partial charge < -0.3 is 20.4 Å². The summed E-state index contributed by atoms with van der Waals surface area (Å²) in [6.07, 6.45) is 3.11. The van der Waals surface area contributed by atoms with E-state index in [0.717, 1.165) is 11.1 Å². The highest BCUT2D eigenvalue weighted by Crippen LogP contribution is 2.24. The molecule has 8 nitrogen and oxygen atoms in total. The zero-order valence-corrected chi connectivity index (χ0v) is 20.3. The molecule has 3 aliphatic rings. The van der Waals surface area contributed by atoms with E-state index in [-0.39, 0.29) is 23.6 Å². The molecule has 4 atom stereocenters. The lowest BCUT2D eigenvalue weighted by atomic mass is 10.0. The van der Waals surface area contributed by atoms with Crippen LogP contribution >= 0.6 is 0 Å².